The van der Waals surface area contributed by atoms with Crippen LogP contribution >= 0.6 is 0 Å². The largest absolute Gasteiger partial charge is 0.469 e. The minimum absolute atomic E-state index is 0.122. The van der Waals surface area contributed by atoms with Crippen molar-refractivity contribution in [2.24, 2.45) is 12.2 Å². The molecule has 2 aromatic rings. The van der Waals surface area contributed by atoms with Crippen LogP contribution in [0.15, 0.2) is 23.4 Å². The number of esters is 2. The highest BCUT2D eigenvalue weighted by Crippen LogP contribution is 2.32. The summed E-state index contributed by atoms with van der Waals surface area (Å²) in [5, 5.41) is 9.47. The van der Waals surface area contributed by atoms with Crippen molar-refractivity contribution < 1.29 is 23.9 Å². The first-order valence-corrected chi connectivity index (χ1v) is 7.74. The minimum atomic E-state index is -1.49. The molecule has 25 heavy (non-hydrogen) atoms. The molecule has 132 valence electrons. The molecule has 0 fully saturated rings. The van der Waals surface area contributed by atoms with Gasteiger partial charge in [0.05, 0.1) is 37.6 Å². The number of hydrogen-bond acceptors (Lipinski definition) is 7. The molecule has 0 radical (unpaired) electrons. The highest BCUT2D eigenvalue weighted by Gasteiger charge is 2.50. The number of fused-ring (bicyclic) bond motifs is 1. The third kappa shape index (κ3) is 2.84. The Balaban J connectivity index is 1.93. The number of aromatic nitrogens is 2. The molecule has 1 aliphatic rings. The summed E-state index contributed by atoms with van der Waals surface area (Å²) in [5.41, 5.74) is 1.75. The second-order valence-electron chi connectivity index (χ2n) is 5.99. The molecule has 0 bridgehead atoms. The first-order chi connectivity index (χ1) is 11.9. The predicted octanol–water partition coefficient (Wildman–Crippen LogP) is 1.48. The molecule has 1 atom stereocenters. The number of carbonyl (C=O) groups excluding carboxylic acids is 2. The summed E-state index contributed by atoms with van der Waals surface area (Å²) in [4.78, 5) is 29.2. The standard InChI is InChI=1S/C17H19N3O5/c1-10-12-6-5-11(7-14(12)20(2)18-10)13-8-17(25-19-13,16(22)24-4)9-15(21)23-3/h5-7H,8-9H2,1-4H3. The maximum absolute atomic E-state index is 12.2. The lowest BCUT2D eigenvalue weighted by molar-refractivity contribution is -0.173. The minimum Gasteiger partial charge on any atom is -0.469 e. The molecule has 1 aromatic carbocycles. The van der Waals surface area contributed by atoms with Crippen LogP contribution in [0.4, 0.5) is 0 Å². The van der Waals surface area contributed by atoms with E-state index in [1.54, 1.807) is 4.68 Å². The van der Waals surface area contributed by atoms with Gasteiger partial charge in [-0.25, -0.2) is 4.79 Å². The number of nitrogens with zero attached hydrogens (tertiary/aromatic N) is 3. The number of ether oxygens (including phenoxy) is 2. The summed E-state index contributed by atoms with van der Waals surface area (Å²) in [7, 11) is 4.36. The molecule has 3 rings (SSSR count). The number of aryl methyl sites for hydroxylation is 2. The van der Waals surface area contributed by atoms with Crippen molar-refractivity contribution in [1.29, 1.82) is 0 Å². The van der Waals surface area contributed by atoms with Gasteiger partial charge in [0, 0.05) is 24.4 Å². The summed E-state index contributed by atoms with van der Waals surface area (Å²) in [6.45, 7) is 1.94. The summed E-state index contributed by atoms with van der Waals surface area (Å²) >= 11 is 0. The maximum atomic E-state index is 12.2. The Morgan fingerprint density at radius 2 is 2.08 bits per heavy atom. The van der Waals surface area contributed by atoms with Gasteiger partial charge in [0.25, 0.3) is 0 Å². The molecule has 8 heteroatoms. The van der Waals surface area contributed by atoms with Gasteiger partial charge in [-0.15, -0.1) is 0 Å². The topological polar surface area (TPSA) is 92.0 Å². The number of methoxy groups -OCH3 is 2. The highest BCUT2D eigenvalue weighted by atomic mass is 16.7. The summed E-state index contributed by atoms with van der Waals surface area (Å²) in [6.07, 6.45) is -0.145. The summed E-state index contributed by atoms with van der Waals surface area (Å²) in [6, 6.07) is 5.78. The lowest BCUT2D eigenvalue weighted by Crippen LogP contribution is -2.42. The molecule has 1 aliphatic heterocycles. The molecular formula is C17H19N3O5. The van der Waals surface area contributed by atoms with Crippen molar-refractivity contribution in [2.75, 3.05) is 14.2 Å². The monoisotopic (exact) mass is 345 g/mol. The van der Waals surface area contributed by atoms with Gasteiger partial charge in [-0.3, -0.25) is 9.48 Å². The van der Waals surface area contributed by atoms with Crippen molar-refractivity contribution in [3.05, 3.63) is 29.5 Å². The molecule has 1 aromatic heterocycles. The average Bonchev–Trinajstić information content (AvgIpc) is 3.16. The molecule has 0 amide bonds. The Labute approximate surface area is 144 Å². The van der Waals surface area contributed by atoms with Crippen LogP contribution < -0.4 is 0 Å². The van der Waals surface area contributed by atoms with Crippen LogP contribution in [0, 0.1) is 6.92 Å². The van der Waals surface area contributed by atoms with Gasteiger partial charge in [0.2, 0.25) is 5.60 Å². The van der Waals surface area contributed by atoms with E-state index >= 15 is 0 Å². The van der Waals surface area contributed by atoms with Crippen molar-refractivity contribution in [2.45, 2.75) is 25.4 Å². The van der Waals surface area contributed by atoms with Crippen LogP contribution in [0.3, 0.4) is 0 Å². The third-order valence-corrected chi connectivity index (χ3v) is 4.37. The Kier molecular flexibility index (Phi) is 4.20. The van der Waals surface area contributed by atoms with Crippen LogP contribution in [0.2, 0.25) is 0 Å². The molecule has 8 nitrogen and oxygen atoms in total. The van der Waals surface area contributed by atoms with Gasteiger partial charge in [0.15, 0.2) is 0 Å². The van der Waals surface area contributed by atoms with Gasteiger partial charge in [-0.2, -0.15) is 5.10 Å². The Bertz CT molecular complexity index is 886. The molecule has 0 saturated heterocycles. The fraction of sp³-hybridized carbons (Fsp3) is 0.412. The van der Waals surface area contributed by atoms with Crippen molar-refractivity contribution in [1.82, 2.24) is 9.78 Å². The third-order valence-electron chi connectivity index (χ3n) is 4.37. The molecular weight excluding hydrogens is 326 g/mol. The average molecular weight is 345 g/mol. The Hall–Kier alpha value is -2.90. The first-order valence-electron chi connectivity index (χ1n) is 7.74. The van der Waals surface area contributed by atoms with E-state index in [2.05, 4.69) is 15.0 Å². The predicted molar refractivity (Wildman–Crippen MR) is 89.1 cm³/mol. The highest BCUT2D eigenvalue weighted by molar-refractivity contribution is 6.07. The van der Waals surface area contributed by atoms with Crippen LogP contribution in [0.5, 0.6) is 0 Å². The second kappa shape index (κ2) is 6.19. The molecule has 0 saturated carbocycles. The van der Waals surface area contributed by atoms with Crippen molar-refractivity contribution >= 4 is 28.6 Å². The zero-order chi connectivity index (χ0) is 18.2. The summed E-state index contributed by atoms with van der Waals surface area (Å²) < 4.78 is 11.2. The number of rotatable bonds is 4. The molecule has 0 spiro atoms. The van der Waals surface area contributed by atoms with Crippen molar-refractivity contribution in [3.63, 3.8) is 0 Å². The SMILES string of the molecule is COC(=O)CC1(C(=O)OC)CC(c2ccc3c(C)nn(C)c3c2)=NO1. The van der Waals surface area contributed by atoms with E-state index in [0.717, 1.165) is 22.2 Å². The lowest BCUT2D eigenvalue weighted by Gasteiger charge is -2.22. The summed E-state index contributed by atoms with van der Waals surface area (Å²) in [5.74, 6) is -1.23. The Morgan fingerprint density at radius 3 is 2.76 bits per heavy atom. The van der Waals surface area contributed by atoms with E-state index in [4.69, 9.17) is 9.57 Å². The van der Waals surface area contributed by atoms with Crippen LogP contribution in [0.1, 0.15) is 24.1 Å². The molecule has 1 unspecified atom stereocenters. The van der Waals surface area contributed by atoms with E-state index in [-0.39, 0.29) is 12.8 Å². The van der Waals surface area contributed by atoms with Gasteiger partial charge in [0.1, 0.15) is 0 Å². The van der Waals surface area contributed by atoms with E-state index < -0.39 is 17.5 Å². The zero-order valence-electron chi connectivity index (χ0n) is 14.5. The first kappa shape index (κ1) is 16.9. The molecule has 0 N–H and O–H groups in total. The second-order valence-corrected chi connectivity index (χ2v) is 5.99. The van der Waals surface area contributed by atoms with Gasteiger partial charge in [-0.05, 0) is 13.0 Å². The van der Waals surface area contributed by atoms with E-state index in [1.807, 2.05) is 32.2 Å². The van der Waals surface area contributed by atoms with Crippen LogP contribution in [-0.2, 0) is 30.9 Å². The fourth-order valence-electron chi connectivity index (χ4n) is 3.02. The number of carbonyl (C=O) groups is 2. The molecule has 2 heterocycles. The smallest absolute Gasteiger partial charge is 0.354 e. The number of hydrogen-bond donors (Lipinski definition) is 0. The van der Waals surface area contributed by atoms with Crippen LogP contribution in [-0.4, -0.2) is 47.3 Å². The quantitative estimate of drug-likeness (QED) is 0.780. The number of benzene rings is 1. The van der Waals surface area contributed by atoms with E-state index in [9.17, 15) is 9.59 Å². The number of oxime groups is 1. The normalized spacial score (nSPS) is 19.4. The lowest BCUT2D eigenvalue weighted by atomic mass is 9.91. The molecule has 0 aliphatic carbocycles. The van der Waals surface area contributed by atoms with Gasteiger partial charge < -0.3 is 14.3 Å². The van der Waals surface area contributed by atoms with Gasteiger partial charge >= 0.3 is 11.9 Å². The van der Waals surface area contributed by atoms with Crippen LogP contribution in [0.25, 0.3) is 10.9 Å². The van der Waals surface area contributed by atoms with Gasteiger partial charge in [-0.1, -0.05) is 17.3 Å². The fourth-order valence-corrected chi connectivity index (χ4v) is 3.02. The Morgan fingerprint density at radius 1 is 1.32 bits per heavy atom. The zero-order valence-corrected chi connectivity index (χ0v) is 14.5. The van der Waals surface area contributed by atoms with Crippen molar-refractivity contribution in [3.8, 4) is 0 Å². The maximum Gasteiger partial charge on any atom is 0.354 e. The van der Waals surface area contributed by atoms with E-state index in [1.165, 1.54) is 14.2 Å². The van der Waals surface area contributed by atoms with E-state index in [0.29, 0.717) is 5.71 Å².